The van der Waals surface area contributed by atoms with Crippen LogP contribution in [0.3, 0.4) is 0 Å². The predicted octanol–water partition coefficient (Wildman–Crippen LogP) is 2.02. The monoisotopic (exact) mass is 214 g/mol. The molecule has 0 aliphatic rings. The molecule has 3 nitrogen and oxygen atoms in total. The van der Waals surface area contributed by atoms with Gasteiger partial charge in [0.05, 0.1) is 6.54 Å². The van der Waals surface area contributed by atoms with Crippen molar-refractivity contribution in [2.24, 2.45) is 0 Å². The molecule has 2 unspecified atom stereocenters. The lowest BCUT2D eigenvalue weighted by Gasteiger charge is -2.25. The first-order valence-electron chi connectivity index (χ1n) is 6.01. The third-order valence-corrected chi connectivity index (χ3v) is 2.98. The van der Waals surface area contributed by atoms with Crippen LogP contribution in [-0.2, 0) is 4.79 Å². The molecule has 1 N–H and O–H groups in total. The molecule has 0 aromatic carbocycles. The van der Waals surface area contributed by atoms with E-state index in [1.54, 1.807) is 0 Å². The van der Waals surface area contributed by atoms with Gasteiger partial charge in [-0.05, 0) is 26.7 Å². The van der Waals surface area contributed by atoms with Crippen LogP contribution >= 0.6 is 0 Å². The van der Waals surface area contributed by atoms with Gasteiger partial charge in [-0.2, -0.15) is 0 Å². The van der Waals surface area contributed by atoms with E-state index in [0.29, 0.717) is 18.6 Å². The fraction of sp³-hybridized carbons (Fsp3) is 0.917. The van der Waals surface area contributed by atoms with Crippen molar-refractivity contribution in [1.82, 2.24) is 10.2 Å². The smallest absolute Gasteiger partial charge is 0.236 e. The van der Waals surface area contributed by atoms with Gasteiger partial charge in [-0.25, -0.2) is 0 Å². The maximum absolute atomic E-state index is 11.7. The molecule has 0 saturated heterocycles. The molecule has 1 amide bonds. The van der Waals surface area contributed by atoms with Crippen molar-refractivity contribution in [2.45, 2.75) is 59.0 Å². The molecule has 90 valence electrons. The van der Waals surface area contributed by atoms with Crippen LogP contribution in [0.15, 0.2) is 0 Å². The molecule has 0 aromatic rings. The van der Waals surface area contributed by atoms with E-state index in [9.17, 15) is 4.79 Å². The summed E-state index contributed by atoms with van der Waals surface area (Å²) in [6.45, 7) is 8.92. The van der Waals surface area contributed by atoms with Gasteiger partial charge in [0.15, 0.2) is 0 Å². The maximum atomic E-state index is 11.7. The molecule has 2 atom stereocenters. The minimum Gasteiger partial charge on any atom is -0.342 e. The standard InChI is InChI=1S/C12H26N2O/c1-6-8-11(4)14(5)12(15)9-13-10(3)7-2/h10-11,13H,6-9H2,1-5H3. The summed E-state index contributed by atoms with van der Waals surface area (Å²) in [6, 6.07) is 0.769. The van der Waals surface area contributed by atoms with Crippen molar-refractivity contribution >= 4 is 5.91 Å². The van der Waals surface area contributed by atoms with Crippen molar-refractivity contribution in [1.29, 1.82) is 0 Å². The zero-order chi connectivity index (χ0) is 11.8. The molecule has 0 bridgehead atoms. The lowest BCUT2D eigenvalue weighted by molar-refractivity contribution is -0.130. The minimum absolute atomic E-state index is 0.191. The van der Waals surface area contributed by atoms with Crippen LogP contribution in [0.5, 0.6) is 0 Å². The molecule has 0 radical (unpaired) electrons. The van der Waals surface area contributed by atoms with E-state index in [2.05, 4.69) is 33.0 Å². The van der Waals surface area contributed by atoms with Gasteiger partial charge in [-0.1, -0.05) is 20.3 Å². The van der Waals surface area contributed by atoms with Crippen molar-refractivity contribution in [3.05, 3.63) is 0 Å². The van der Waals surface area contributed by atoms with E-state index < -0.39 is 0 Å². The van der Waals surface area contributed by atoms with Crippen molar-refractivity contribution in [3.8, 4) is 0 Å². The quantitative estimate of drug-likeness (QED) is 0.703. The highest BCUT2D eigenvalue weighted by Gasteiger charge is 2.14. The molecular formula is C12H26N2O. The Hall–Kier alpha value is -0.570. The van der Waals surface area contributed by atoms with Crippen molar-refractivity contribution in [3.63, 3.8) is 0 Å². The number of amides is 1. The highest BCUT2D eigenvalue weighted by molar-refractivity contribution is 5.78. The van der Waals surface area contributed by atoms with Gasteiger partial charge in [-0.3, -0.25) is 4.79 Å². The number of nitrogens with one attached hydrogen (secondary N) is 1. The topological polar surface area (TPSA) is 32.3 Å². The van der Waals surface area contributed by atoms with Crippen LogP contribution in [0.2, 0.25) is 0 Å². The lowest BCUT2D eigenvalue weighted by Crippen LogP contribution is -2.42. The SMILES string of the molecule is CCCC(C)N(C)C(=O)CNC(C)CC. The van der Waals surface area contributed by atoms with Crippen LogP contribution in [0.4, 0.5) is 0 Å². The fourth-order valence-electron chi connectivity index (χ4n) is 1.39. The maximum Gasteiger partial charge on any atom is 0.236 e. The lowest BCUT2D eigenvalue weighted by atomic mass is 10.2. The van der Waals surface area contributed by atoms with E-state index >= 15 is 0 Å². The summed E-state index contributed by atoms with van der Waals surface area (Å²) in [5.74, 6) is 0.191. The van der Waals surface area contributed by atoms with Crippen LogP contribution in [-0.4, -0.2) is 36.5 Å². The van der Waals surface area contributed by atoms with E-state index in [-0.39, 0.29) is 5.91 Å². The van der Waals surface area contributed by atoms with E-state index in [1.165, 1.54) is 0 Å². The molecule has 0 fully saturated rings. The Labute approximate surface area is 94.2 Å². The largest absolute Gasteiger partial charge is 0.342 e. The second kappa shape index (κ2) is 7.69. The molecule has 0 rings (SSSR count). The highest BCUT2D eigenvalue weighted by atomic mass is 16.2. The average molecular weight is 214 g/mol. The number of hydrogen-bond donors (Lipinski definition) is 1. The summed E-state index contributed by atoms with van der Waals surface area (Å²) in [5.41, 5.74) is 0. The normalized spacial score (nSPS) is 14.7. The zero-order valence-electron chi connectivity index (χ0n) is 10.8. The Balaban J connectivity index is 3.88. The molecule has 0 spiro atoms. The van der Waals surface area contributed by atoms with Crippen LogP contribution in [0.25, 0.3) is 0 Å². The number of nitrogens with zero attached hydrogens (tertiary/aromatic N) is 1. The van der Waals surface area contributed by atoms with Crippen LogP contribution < -0.4 is 5.32 Å². The summed E-state index contributed by atoms with van der Waals surface area (Å²) in [4.78, 5) is 13.6. The van der Waals surface area contributed by atoms with Crippen LogP contribution in [0, 0.1) is 0 Å². The second-order valence-corrected chi connectivity index (χ2v) is 4.33. The number of likely N-dealkylation sites (N-methyl/N-ethyl adjacent to an activating group) is 1. The Kier molecular flexibility index (Phi) is 7.39. The minimum atomic E-state index is 0.191. The van der Waals surface area contributed by atoms with Crippen molar-refractivity contribution < 1.29 is 4.79 Å². The van der Waals surface area contributed by atoms with E-state index in [1.807, 2.05) is 11.9 Å². The number of rotatable bonds is 7. The van der Waals surface area contributed by atoms with E-state index in [4.69, 9.17) is 0 Å². The van der Waals surface area contributed by atoms with Gasteiger partial charge < -0.3 is 10.2 Å². The predicted molar refractivity (Wildman–Crippen MR) is 64.9 cm³/mol. The van der Waals surface area contributed by atoms with E-state index in [0.717, 1.165) is 19.3 Å². The van der Waals surface area contributed by atoms with Gasteiger partial charge in [-0.15, -0.1) is 0 Å². The number of hydrogen-bond acceptors (Lipinski definition) is 2. The molecule has 0 aliphatic carbocycles. The summed E-state index contributed by atoms with van der Waals surface area (Å²) in [7, 11) is 1.89. The van der Waals surface area contributed by atoms with Gasteiger partial charge in [0, 0.05) is 19.1 Å². The number of carbonyl (C=O) groups excluding carboxylic acids is 1. The molecule has 0 saturated carbocycles. The average Bonchev–Trinajstić information content (AvgIpc) is 2.24. The molecular weight excluding hydrogens is 188 g/mol. The van der Waals surface area contributed by atoms with Gasteiger partial charge in [0.1, 0.15) is 0 Å². The number of carbonyl (C=O) groups is 1. The van der Waals surface area contributed by atoms with Crippen LogP contribution in [0.1, 0.15) is 47.0 Å². The molecule has 0 aliphatic heterocycles. The second-order valence-electron chi connectivity index (χ2n) is 4.33. The molecule has 15 heavy (non-hydrogen) atoms. The van der Waals surface area contributed by atoms with Gasteiger partial charge in [0.25, 0.3) is 0 Å². The first-order valence-corrected chi connectivity index (χ1v) is 6.01. The van der Waals surface area contributed by atoms with Gasteiger partial charge in [0.2, 0.25) is 5.91 Å². The molecule has 0 heterocycles. The third kappa shape index (κ3) is 5.78. The summed E-state index contributed by atoms with van der Waals surface area (Å²) in [5, 5.41) is 3.22. The third-order valence-electron chi connectivity index (χ3n) is 2.98. The molecule has 3 heteroatoms. The first kappa shape index (κ1) is 14.4. The molecule has 0 aromatic heterocycles. The Morgan fingerprint density at radius 1 is 1.33 bits per heavy atom. The summed E-state index contributed by atoms with van der Waals surface area (Å²) >= 11 is 0. The summed E-state index contributed by atoms with van der Waals surface area (Å²) in [6.07, 6.45) is 3.25. The Morgan fingerprint density at radius 3 is 2.40 bits per heavy atom. The van der Waals surface area contributed by atoms with Gasteiger partial charge >= 0.3 is 0 Å². The highest BCUT2D eigenvalue weighted by Crippen LogP contribution is 2.03. The summed E-state index contributed by atoms with van der Waals surface area (Å²) < 4.78 is 0. The Bertz CT molecular complexity index is 182. The Morgan fingerprint density at radius 2 is 1.93 bits per heavy atom. The zero-order valence-corrected chi connectivity index (χ0v) is 10.8. The van der Waals surface area contributed by atoms with Crippen molar-refractivity contribution in [2.75, 3.05) is 13.6 Å². The first-order chi connectivity index (χ1) is 7.02. The fourth-order valence-corrected chi connectivity index (χ4v) is 1.39.